The van der Waals surface area contributed by atoms with Gasteiger partial charge in [0.05, 0.1) is 0 Å². The number of rotatable bonds is 3. The smallest absolute Gasteiger partial charge is 0.361 e. The number of nitriles is 1. The Kier molecular flexibility index (Phi) is 4.20. The van der Waals surface area contributed by atoms with Crippen molar-refractivity contribution in [2.45, 2.75) is 19.2 Å². The van der Waals surface area contributed by atoms with Crippen molar-refractivity contribution < 1.29 is 17.9 Å². The quantitative estimate of drug-likeness (QED) is 0.305. The molecule has 0 aromatic carbocycles. The van der Waals surface area contributed by atoms with Crippen LogP contribution in [0.5, 0.6) is 0 Å². The first kappa shape index (κ1) is 11.7. The number of amidine groups is 1. The van der Waals surface area contributed by atoms with Gasteiger partial charge < -0.3 is 4.74 Å². The lowest BCUT2D eigenvalue weighted by Gasteiger charge is -2.15. The van der Waals surface area contributed by atoms with Gasteiger partial charge in [-0.25, -0.2) is 0 Å². The first-order chi connectivity index (χ1) is 5.88. The monoisotopic (exact) mass is 195 g/mol. The number of nitrogens with zero attached hydrogens (tertiary/aromatic N) is 1. The first-order valence-corrected chi connectivity index (χ1v) is 3.28. The predicted octanol–water partition coefficient (Wildman–Crippen LogP) is 1.00. The van der Waals surface area contributed by atoms with Crippen LogP contribution in [-0.2, 0) is 4.74 Å². The highest BCUT2D eigenvalue weighted by Gasteiger charge is 2.36. The molecule has 0 fully saturated rings. The van der Waals surface area contributed by atoms with E-state index in [2.05, 4.69) is 4.74 Å². The van der Waals surface area contributed by atoms with E-state index in [4.69, 9.17) is 10.7 Å². The Labute approximate surface area is 72.8 Å². The summed E-state index contributed by atoms with van der Waals surface area (Å²) in [5, 5.41) is 16.7. The maximum Gasteiger partial charge on any atom is 0.414 e. The molecule has 0 saturated heterocycles. The first-order valence-electron chi connectivity index (χ1n) is 3.28. The zero-order valence-electron chi connectivity index (χ0n) is 6.77. The fourth-order valence-corrected chi connectivity index (χ4v) is 0.406. The SMILES string of the molecule is C[C@@H](OCC(=N)NC#N)C(F)(F)F. The molecule has 2 N–H and O–H groups in total. The molecule has 0 rings (SSSR count). The van der Waals surface area contributed by atoms with Gasteiger partial charge in [0.25, 0.3) is 0 Å². The molecule has 0 aliphatic heterocycles. The van der Waals surface area contributed by atoms with Gasteiger partial charge in [-0.05, 0) is 6.92 Å². The Balaban J connectivity index is 3.78. The van der Waals surface area contributed by atoms with E-state index in [1.165, 1.54) is 6.19 Å². The molecular formula is C6H8F3N3O. The van der Waals surface area contributed by atoms with Crippen molar-refractivity contribution in [3.8, 4) is 6.19 Å². The van der Waals surface area contributed by atoms with Gasteiger partial charge in [0.2, 0.25) is 0 Å². The zero-order valence-corrected chi connectivity index (χ0v) is 6.77. The lowest BCUT2D eigenvalue weighted by molar-refractivity contribution is -0.209. The molecule has 0 saturated carbocycles. The van der Waals surface area contributed by atoms with Crippen LogP contribution in [0.2, 0.25) is 0 Å². The third kappa shape index (κ3) is 5.03. The molecule has 0 aliphatic rings. The van der Waals surface area contributed by atoms with Crippen LogP contribution in [0.25, 0.3) is 0 Å². The Bertz CT molecular complexity index is 220. The average molecular weight is 195 g/mol. The Morgan fingerprint density at radius 2 is 2.23 bits per heavy atom. The van der Waals surface area contributed by atoms with Gasteiger partial charge >= 0.3 is 6.18 Å². The maximum absolute atomic E-state index is 11.8. The third-order valence-corrected chi connectivity index (χ3v) is 1.15. The molecule has 0 radical (unpaired) electrons. The van der Waals surface area contributed by atoms with E-state index in [0.717, 1.165) is 6.92 Å². The van der Waals surface area contributed by atoms with Crippen molar-refractivity contribution in [1.82, 2.24) is 5.32 Å². The van der Waals surface area contributed by atoms with Crippen molar-refractivity contribution in [2.24, 2.45) is 0 Å². The summed E-state index contributed by atoms with van der Waals surface area (Å²) in [6, 6.07) is 0. The highest BCUT2D eigenvalue weighted by molar-refractivity contribution is 5.81. The van der Waals surface area contributed by atoms with Crippen molar-refractivity contribution in [3.05, 3.63) is 0 Å². The summed E-state index contributed by atoms with van der Waals surface area (Å²) < 4.78 is 39.7. The van der Waals surface area contributed by atoms with E-state index < -0.39 is 24.7 Å². The van der Waals surface area contributed by atoms with Crippen LogP contribution >= 0.6 is 0 Å². The Hall–Kier alpha value is -1.29. The molecule has 0 heterocycles. The van der Waals surface area contributed by atoms with E-state index in [0.29, 0.717) is 0 Å². The third-order valence-electron chi connectivity index (χ3n) is 1.15. The van der Waals surface area contributed by atoms with Crippen LogP contribution in [0.15, 0.2) is 0 Å². The molecule has 0 unspecified atom stereocenters. The second-order valence-electron chi connectivity index (χ2n) is 2.21. The minimum absolute atomic E-state index is 0.404. The number of ether oxygens (including phenoxy) is 1. The van der Waals surface area contributed by atoms with Gasteiger partial charge in [0.1, 0.15) is 12.4 Å². The molecule has 0 aromatic heterocycles. The summed E-state index contributed by atoms with van der Waals surface area (Å²) >= 11 is 0. The lowest BCUT2D eigenvalue weighted by atomic mass is 10.4. The lowest BCUT2D eigenvalue weighted by Crippen LogP contribution is -2.32. The minimum atomic E-state index is -4.44. The van der Waals surface area contributed by atoms with Gasteiger partial charge in [-0.3, -0.25) is 10.7 Å². The predicted molar refractivity (Wildman–Crippen MR) is 37.9 cm³/mol. The van der Waals surface area contributed by atoms with Gasteiger partial charge in [0, 0.05) is 0 Å². The van der Waals surface area contributed by atoms with Gasteiger partial charge in [-0.1, -0.05) is 0 Å². The van der Waals surface area contributed by atoms with Gasteiger partial charge in [0.15, 0.2) is 12.3 Å². The normalized spacial score (nSPS) is 13.2. The van der Waals surface area contributed by atoms with Crippen LogP contribution in [-0.4, -0.2) is 24.7 Å². The van der Waals surface area contributed by atoms with Crippen molar-refractivity contribution in [2.75, 3.05) is 6.61 Å². The molecule has 4 nitrogen and oxygen atoms in total. The minimum Gasteiger partial charge on any atom is -0.361 e. The van der Waals surface area contributed by atoms with Gasteiger partial charge in [-0.2, -0.15) is 18.4 Å². The summed E-state index contributed by atoms with van der Waals surface area (Å²) in [6.45, 7) is 0.272. The summed E-state index contributed by atoms with van der Waals surface area (Å²) in [7, 11) is 0. The fourth-order valence-electron chi connectivity index (χ4n) is 0.406. The van der Waals surface area contributed by atoms with E-state index in [1.807, 2.05) is 5.32 Å². The van der Waals surface area contributed by atoms with Crippen LogP contribution in [0.1, 0.15) is 6.92 Å². The van der Waals surface area contributed by atoms with E-state index in [1.54, 1.807) is 0 Å². The van der Waals surface area contributed by atoms with Gasteiger partial charge in [-0.15, -0.1) is 0 Å². The van der Waals surface area contributed by atoms with Crippen LogP contribution in [0.3, 0.4) is 0 Å². The summed E-state index contributed by atoms with van der Waals surface area (Å²) in [6.07, 6.45) is -4.98. The standard InChI is InChI=1S/C6H8F3N3O/c1-4(6(7,8)9)13-2-5(11)12-3-10/h4H,2H2,1H3,(H2,11,12)/t4-/m1/s1. The maximum atomic E-state index is 11.8. The average Bonchev–Trinajstić information content (AvgIpc) is 1.99. The zero-order chi connectivity index (χ0) is 10.5. The molecule has 1 atom stereocenters. The largest absolute Gasteiger partial charge is 0.414 e. The molecular weight excluding hydrogens is 187 g/mol. The number of hydrogen-bond acceptors (Lipinski definition) is 3. The summed E-state index contributed by atoms with van der Waals surface area (Å²) in [4.78, 5) is 0. The molecule has 0 aromatic rings. The number of halogens is 3. The van der Waals surface area contributed by atoms with Crippen molar-refractivity contribution in [1.29, 1.82) is 10.7 Å². The molecule has 0 spiro atoms. The number of alkyl halides is 3. The Morgan fingerprint density at radius 1 is 1.69 bits per heavy atom. The van der Waals surface area contributed by atoms with E-state index >= 15 is 0 Å². The van der Waals surface area contributed by atoms with Crippen LogP contribution in [0, 0.1) is 16.9 Å². The number of nitrogens with one attached hydrogen (secondary N) is 2. The highest BCUT2D eigenvalue weighted by atomic mass is 19.4. The molecule has 13 heavy (non-hydrogen) atoms. The van der Waals surface area contributed by atoms with E-state index in [9.17, 15) is 13.2 Å². The second kappa shape index (κ2) is 4.67. The summed E-state index contributed by atoms with van der Waals surface area (Å²) in [5.74, 6) is -0.404. The topological polar surface area (TPSA) is 68.9 Å². The number of hydrogen-bond donors (Lipinski definition) is 2. The molecule has 0 aliphatic carbocycles. The van der Waals surface area contributed by atoms with Crippen molar-refractivity contribution >= 4 is 5.84 Å². The van der Waals surface area contributed by atoms with Crippen molar-refractivity contribution in [3.63, 3.8) is 0 Å². The fraction of sp³-hybridized carbons (Fsp3) is 0.667. The van der Waals surface area contributed by atoms with Crippen LogP contribution < -0.4 is 5.32 Å². The molecule has 0 amide bonds. The summed E-state index contributed by atoms with van der Waals surface area (Å²) in [5.41, 5.74) is 0. The second-order valence-corrected chi connectivity index (χ2v) is 2.21. The van der Waals surface area contributed by atoms with E-state index in [-0.39, 0.29) is 0 Å². The molecule has 7 heteroatoms. The Morgan fingerprint density at radius 3 is 2.62 bits per heavy atom. The molecule has 74 valence electrons. The molecule has 0 bridgehead atoms. The highest BCUT2D eigenvalue weighted by Crippen LogP contribution is 2.21. The van der Waals surface area contributed by atoms with Crippen LogP contribution in [0.4, 0.5) is 13.2 Å².